The molecule has 2 rings (SSSR count). The standard InChI is InChI=1S/C16H16N2O3/c1-10-4-3-5-11(2)14(10)18-16(21)17-13-8-6-12(7-9-13)15(19)20/h3-9H,1-2H3,(H,19,20)(H2,17,18,21). The summed E-state index contributed by atoms with van der Waals surface area (Å²) in [4.78, 5) is 22.7. The zero-order chi connectivity index (χ0) is 15.4. The van der Waals surface area contributed by atoms with Crippen molar-refractivity contribution in [2.24, 2.45) is 0 Å². The molecule has 0 spiro atoms. The number of anilines is 2. The van der Waals surface area contributed by atoms with Crippen LogP contribution >= 0.6 is 0 Å². The zero-order valence-electron chi connectivity index (χ0n) is 11.8. The van der Waals surface area contributed by atoms with E-state index >= 15 is 0 Å². The number of carbonyl (C=O) groups excluding carboxylic acids is 1. The number of nitrogens with one attached hydrogen (secondary N) is 2. The largest absolute Gasteiger partial charge is 0.478 e. The van der Waals surface area contributed by atoms with E-state index in [-0.39, 0.29) is 11.6 Å². The van der Waals surface area contributed by atoms with Crippen LogP contribution in [0, 0.1) is 13.8 Å². The second-order valence-electron chi connectivity index (χ2n) is 4.73. The Morgan fingerprint density at radius 1 is 0.905 bits per heavy atom. The molecular formula is C16H16N2O3. The minimum Gasteiger partial charge on any atom is -0.478 e. The first kappa shape index (κ1) is 14.6. The van der Waals surface area contributed by atoms with Crippen LogP contribution in [-0.2, 0) is 0 Å². The van der Waals surface area contributed by atoms with E-state index in [1.165, 1.54) is 12.1 Å². The van der Waals surface area contributed by atoms with Gasteiger partial charge in [0.2, 0.25) is 0 Å². The molecule has 0 saturated carbocycles. The van der Waals surface area contributed by atoms with Crippen LogP contribution in [0.25, 0.3) is 0 Å². The van der Waals surface area contributed by atoms with Gasteiger partial charge in [0.1, 0.15) is 0 Å². The minimum atomic E-state index is -0.999. The van der Waals surface area contributed by atoms with Gasteiger partial charge in [0.15, 0.2) is 0 Å². The van der Waals surface area contributed by atoms with Crippen molar-refractivity contribution < 1.29 is 14.7 Å². The predicted molar refractivity (Wildman–Crippen MR) is 82.0 cm³/mol. The maximum absolute atomic E-state index is 12.0. The number of aryl methyl sites for hydroxylation is 2. The predicted octanol–water partition coefficient (Wildman–Crippen LogP) is 3.65. The van der Waals surface area contributed by atoms with Gasteiger partial charge in [0.25, 0.3) is 0 Å². The third-order valence-electron chi connectivity index (χ3n) is 3.11. The molecule has 2 amide bonds. The van der Waals surface area contributed by atoms with Crippen LogP contribution < -0.4 is 10.6 Å². The first-order valence-corrected chi connectivity index (χ1v) is 6.45. The summed E-state index contributed by atoms with van der Waals surface area (Å²) < 4.78 is 0. The van der Waals surface area contributed by atoms with Crippen molar-refractivity contribution in [2.45, 2.75) is 13.8 Å². The van der Waals surface area contributed by atoms with E-state index in [0.717, 1.165) is 16.8 Å². The summed E-state index contributed by atoms with van der Waals surface area (Å²) in [5, 5.41) is 14.3. The molecule has 0 aromatic heterocycles. The van der Waals surface area contributed by atoms with Crippen molar-refractivity contribution in [3.63, 3.8) is 0 Å². The van der Waals surface area contributed by atoms with Gasteiger partial charge < -0.3 is 15.7 Å². The Labute approximate surface area is 122 Å². The van der Waals surface area contributed by atoms with Crippen LogP contribution in [0.5, 0.6) is 0 Å². The Kier molecular flexibility index (Phi) is 4.23. The highest BCUT2D eigenvalue weighted by molar-refractivity contribution is 6.01. The van der Waals surface area contributed by atoms with Crippen molar-refractivity contribution in [3.8, 4) is 0 Å². The highest BCUT2D eigenvalue weighted by Crippen LogP contribution is 2.19. The quantitative estimate of drug-likeness (QED) is 0.805. The van der Waals surface area contributed by atoms with Crippen molar-refractivity contribution in [2.75, 3.05) is 10.6 Å². The van der Waals surface area contributed by atoms with Gasteiger partial charge in [-0.25, -0.2) is 9.59 Å². The summed E-state index contributed by atoms with van der Waals surface area (Å²) in [6.07, 6.45) is 0. The number of carboxylic acids is 1. The van der Waals surface area contributed by atoms with Crippen LogP contribution in [0.2, 0.25) is 0 Å². The van der Waals surface area contributed by atoms with Crippen LogP contribution in [0.3, 0.4) is 0 Å². The number of para-hydroxylation sites is 1. The summed E-state index contributed by atoms with van der Waals surface area (Å²) in [6, 6.07) is 11.4. The van der Waals surface area contributed by atoms with Gasteiger partial charge in [-0.3, -0.25) is 0 Å². The van der Waals surface area contributed by atoms with Crippen LogP contribution in [0.1, 0.15) is 21.5 Å². The molecule has 21 heavy (non-hydrogen) atoms. The lowest BCUT2D eigenvalue weighted by atomic mass is 10.1. The van der Waals surface area contributed by atoms with Crippen molar-refractivity contribution in [1.82, 2.24) is 0 Å². The summed E-state index contributed by atoms with van der Waals surface area (Å²) in [5.41, 5.74) is 3.44. The molecule has 5 heteroatoms. The number of rotatable bonds is 3. The minimum absolute atomic E-state index is 0.177. The lowest BCUT2D eigenvalue weighted by Gasteiger charge is -2.12. The third-order valence-corrected chi connectivity index (χ3v) is 3.11. The number of aromatic carboxylic acids is 1. The molecule has 0 unspecified atom stereocenters. The van der Waals surface area contributed by atoms with E-state index in [1.807, 2.05) is 32.0 Å². The summed E-state index contributed by atoms with van der Waals surface area (Å²) in [5.74, 6) is -0.999. The van der Waals surface area contributed by atoms with E-state index < -0.39 is 5.97 Å². The summed E-state index contributed by atoms with van der Waals surface area (Å²) in [6.45, 7) is 3.84. The Hall–Kier alpha value is -2.82. The second kappa shape index (κ2) is 6.09. The molecule has 2 aromatic rings. The van der Waals surface area contributed by atoms with Gasteiger partial charge in [0, 0.05) is 11.4 Å². The molecule has 0 heterocycles. The van der Waals surface area contributed by atoms with Gasteiger partial charge >= 0.3 is 12.0 Å². The van der Waals surface area contributed by atoms with Crippen LogP contribution in [-0.4, -0.2) is 17.1 Å². The van der Waals surface area contributed by atoms with Crippen molar-refractivity contribution in [3.05, 3.63) is 59.2 Å². The molecule has 0 bridgehead atoms. The molecule has 0 aliphatic carbocycles. The summed E-state index contributed by atoms with van der Waals surface area (Å²) >= 11 is 0. The monoisotopic (exact) mass is 284 g/mol. The molecule has 2 aromatic carbocycles. The Balaban J connectivity index is 2.06. The van der Waals surface area contributed by atoms with Gasteiger partial charge in [-0.15, -0.1) is 0 Å². The number of carboxylic acid groups (broad SMARTS) is 1. The lowest BCUT2D eigenvalue weighted by molar-refractivity contribution is 0.0697. The van der Waals surface area contributed by atoms with Gasteiger partial charge in [-0.05, 0) is 49.2 Å². The van der Waals surface area contributed by atoms with E-state index in [4.69, 9.17) is 5.11 Å². The molecule has 3 N–H and O–H groups in total. The molecule has 0 radical (unpaired) electrons. The van der Waals surface area contributed by atoms with Crippen molar-refractivity contribution in [1.29, 1.82) is 0 Å². The first-order chi connectivity index (χ1) is 9.97. The molecule has 0 aliphatic rings. The second-order valence-corrected chi connectivity index (χ2v) is 4.73. The third kappa shape index (κ3) is 3.60. The fourth-order valence-electron chi connectivity index (χ4n) is 1.98. The topological polar surface area (TPSA) is 78.4 Å². The highest BCUT2D eigenvalue weighted by Gasteiger charge is 2.08. The fourth-order valence-corrected chi connectivity index (χ4v) is 1.98. The average Bonchev–Trinajstić information content (AvgIpc) is 2.43. The average molecular weight is 284 g/mol. The van der Waals surface area contributed by atoms with Gasteiger partial charge in [0.05, 0.1) is 5.56 Å². The van der Waals surface area contributed by atoms with E-state index in [2.05, 4.69) is 10.6 Å². The normalized spacial score (nSPS) is 10.0. The highest BCUT2D eigenvalue weighted by atomic mass is 16.4. The molecule has 0 saturated heterocycles. The van der Waals surface area contributed by atoms with Crippen molar-refractivity contribution >= 4 is 23.4 Å². The lowest BCUT2D eigenvalue weighted by Crippen LogP contribution is -2.20. The van der Waals surface area contributed by atoms with Crippen LogP contribution in [0.15, 0.2) is 42.5 Å². The molecule has 0 aliphatic heterocycles. The Morgan fingerprint density at radius 3 is 2.00 bits per heavy atom. The van der Waals surface area contributed by atoms with E-state index in [1.54, 1.807) is 12.1 Å². The molecule has 0 fully saturated rings. The van der Waals surface area contributed by atoms with E-state index in [0.29, 0.717) is 5.69 Å². The molecular weight excluding hydrogens is 268 g/mol. The van der Waals surface area contributed by atoms with Crippen LogP contribution in [0.4, 0.5) is 16.2 Å². The SMILES string of the molecule is Cc1cccc(C)c1NC(=O)Nc1ccc(C(=O)O)cc1. The number of carbonyl (C=O) groups is 2. The molecule has 108 valence electrons. The zero-order valence-corrected chi connectivity index (χ0v) is 11.8. The maximum Gasteiger partial charge on any atom is 0.335 e. The number of hydrogen-bond donors (Lipinski definition) is 3. The number of amides is 2. The van der Waals surface area contributed by atoms with Gasteiger partial charge in [-0.1, -0.05) is 18.2 Å². The number of hydrogen-bond acceptors (Lipinski definition) is 2. The fraction of sp³-hybridized carbons (Fsp3) is 0.125. The Bertz CT molecular complexity index is 658. The molecule has 0 atom stereocenters. The molecule has 5 nitrogen and oxygen atoms in total. The number of urea groups is 1. The summed E-state index contributed by atoms with van der Waals surface area (Å²) in [7, 11) is 0. The van der Waals surface area contributed by atoms with E-state index in [9.17, 15) is 9.59 Å². The number of benzene rings is 2. The smallest absolute Gasteiger partial charge is 0.335 e. The van der Waals surface area contributed by atoms with Gasteiger partial charge in [-0.2, -0.15) is 0 Å². The Morgan fingerprint density at radius 2 is 1.48 bits per heavy atom. The maximum atomic E-state index is 12.0. The first-order valence-electron chi connectivity index (χ1n) is 6.45.